The van der Waals surface area contributed by atoms with E-state index in [2.05, 4.69) is 21.2 Å². The molecule has 0 bridgehead atoms. The predicted molar refractivity (Wildman–Crippen MR) is 165 cm³/mol. The summed E-state index contributed by atoms with van der Waals surface area (Å²) >= 11 is 3.44. The van der Waals surface area contributed by atoms with Gasteiger partial charge in [-0.3, -0.25) is 9.11 Å². The smallest absolute Gasteiger partial charge is 0.295 e. The number of halogens is 1. The van der Waals surface area contributed by atoms with Crippen molar-refractivity contribution in [2.24, 2.45) is 0 Å². The van der Waals surface area contributed by atoms with Crippen LogP contribution in [0.25, 0.3) is 33.4 Å². The Morgan fingerprint density at radius 1 is 0.767 bits per heavy atom. The van der Waals surface area contributed by atoms with E-state index in [1.165, 1.54) is 6.07 Å². The molecule has 0 atom stereocenters. The quantitative estimate of drug-likeness (QED) is 0.0865. The molecular weight excluding hydrogens is 664 g/mol. The first kappa shape index (κ1) is 30.8. The minimum atomic E-state index is -4.98. The molecule has 0 unspecified atom stereocenters. The molecule has 0 fully saturated rings. The van der Waals surface area contributed by atoms with Crippen molar-refractivity contribution in [1.29, 1.82) is 0 Å². The highest BCUT2D eigenvalue weighted by Gasteiger charge is 2.26. The molecule has 0 saturated carbocycles. The zero-order valence-corrected chi connectivity index (χ0v) is 25.5. The van der Waals surface area contributed by atoms with Crippen molar-refractivity contribution >= 4 is 58.5 Å². The van der Waals surface area contributed by atoms with Crippen LogP contribution in [0.5, 0.6) is 0 Å². The maximum absolute atomic E-state index is 12.5. The summed E-state index contributed by atoms with van der Waals surface area (Å²) in [6.45, 7) is 0.135. The van der Waals surface area contributed by atoms with Crippen LogP contribution in [0, 0.1) is 0 Å². The molecule has 0 saturated heterocycles. The Hall–Kier alpha value is -3.63. The van der Waals surface area contributed by atoms with E-state index in [-0.39, 0.29) is 31.9 Å². The Bertz CT molecular complexity index is 2100. The van der Waals surface area contributed by atoms with E-state index >= 15 is 0 Å². The molecule has 0 spiro atoms. The fourth-order valence-corrected chi connectivity index (χ4v) is 6.58. The van der Waals surface area contributed by atoms with Gasteiger partial charge in [0.15, 0.2) is 13.1 Å². The van der Waals surface area contributed by atoms with Crippen molar-refractivity contribution < 1.29 is 40.6 Å². The molecule has 5 rings (SSSR count). The average Bonchev–Trinajstić information content (AvgIpc) is 2.94. The largest absolute Gasteiger partial charge is 0.456 e. The number of aliphatic hydroxyl groups excluding tert-OH is 2. The van der Waals surface area contributed by atoms with Crippen LogP contribution in [0.1, 0.15) is 0 Å². The number of fused-ring (bicyclic) bond motifs is 2. The Labute approximate surface area is 255 Å². The first-order valence-electron chi connectivity index (χ1n) is 12.8. The van der Waals surface area contributed by atoms with Gasteiger partial charge in [0.1, 0.15) is 29.5 Å². The lowest BCUT2D eigenvalue weighted by Gasteiger charge is -2.18. The molecule has 224 valence electrons. The number of rotatable bonds is 9. The van der Waals surface area contributed by atoms with Gasteiger partial charge in [-0.05, 0) is 48.5 Å². The Morgan fingerprint density at radius 2 is 1.47 bits per heavy atom. The second kappa shape index (κ2) is 12.2. The van der Waals surface area contributed by atoms with Crippen LogP contribution in [-0.2, 0) is 20.2 Å². The molecule has 43 heavy (non-hydrogen) atoms. The zero-order valence-electron chi connectivity index (χ0n) is 22.3. The topological polar surface area (TPSA) is 177 Å². The third-order valence-corrected chi connectivity index (χ3v) is 8.96. The van der Waals surface area contributed by atoms with Crippen LogP contribution in [0.3, 0.4) is 0 Å². The van der Waals surface area contributed by atoms with Crippen molar-refractivity contribution in [3.63, 3.8) is 0 Å². The average molecular weight is 691 g/mol. The lowest BCUT2D eigenvalue weighted by atomic mass is 9.93. The number of hydrogen-bond donors (Lipinski definition) is 5. The summed E-state index contributed by atoms with van der Waals surface area (Å²) in [6.07, 6.45) is 0. The molecule has 14 heteroatoms. The molecule has 3 aromatic rings. The molecule has 2 aliphatic rings. The molecule has 0 aromatic heterocycles. The number of anilines is 2. The fraction of sp³-hybridized carbons (Fsp3) is 0.138. The van der Waals surface area contributed by atoms with E-state index in [4.69, 9.17) is 4.42 Å². The van der Waals surface area contributed by atoms with Gasteiger partial charge in [0, 0.05) is 50.1 Å². The van der Waals surface area contributed by atoms with E-state index in [0.717, 1.165) is 16.2 Å². The second-order valence-electron chi connectivity index (χ2n) is 9.55. The molecule has 1 aliphatic carbocycles. The Morgan fingerprint density at radius 3 is 2.12 bits per heavy atom. The van der Waals surface area contributed by atoms with Gasteiger partial charge >= 0.3 is 0 Å². The summed E-state index contributed by atoms with van der Waals surface area (Å²) in [7, 11) is -9.76. The number of benzene rings is 4. The summed E-state index contributed by atoms with van der Waals surface area (Å²) in [6, 6.07) is 20.7. The van der Waals surface area contributed by atoms with Crippen LogP contribution >= 0.6 is 15.9 Å². The Balaban J connectivity index is 1.85. The molecule has 0 amide bonds. The van der Waals surface area contributed by atoms with Crippen molar-refractivity contribution in [2.75, 3.05) is 31.6 Å². The monoisotopic (exact) mass is 689 g/mol. The van der Waals surface area contributed by atoms with Crippen LogP contribution in [0.2, 0.25) is 0 Å². The second-order valence-corrected chi connectivity index (χ2v) is 13.3. The van der Waals surface area contributed by atoms with E-state index in [1.54, 1.807) is 41.0 Å². The number of hydrogen-bond acceptors (Lipinski definition) is 8. The van der Waals surface area contributed by atoms with Gasteiger partial charge in [0.2, 0.25) is 5.36 Å². The van der Waals surface area contributed by atoms with Crippen LogP contribution in [0.4, 0.5) is 11.4 Å². The van der Waals surface area contributed by atoms with Gasteiger partial charge in [-0.1, -0.05) is 28.1 Å². The Kier molecular flexibility index (Phi) is 8.72. The fourth-order valence-electron chi connectivity index (χ4n) is 4.87. The minimum absolute atomic E-state index is 0.0243. The molecule has 3 aromatic carbocycles. The molecular formula is C29H26BrN2O9S2+. The molecule has 1 aliphatic heterocycles. The van der Waals surface area contributed by atoms with E-state index in [0.29, 0.717) is 45.0 Å². The zero-order chi connectivity index (χ0) is 30.9. The number of nitrogens with one attached hydrogen (secondary N) is 1. The maximum Gasteiger partial charge on any atom is 0.295 e. The lowest BCUT2D eigenvalue weighted by molar-refractivity contribution is 0.250. The van der Waals surface area contributed by atoms with Gasteiger partial charge in [-0.2, -0.15) is 16.8 Å². The maximum atomic E-state index is 12.5. The minimum Gasteiger partial charge on any atom is -0.456 e. The van der Waals surface area contributed by atoms with E-state index in [9.17, 15) is 36.2 Å². The van der Waals surface area contributed by atoms with Crippen LogP contribution in [0.15, 0.2) is 97.5 Å². The molecule has 5 N–H and O–H groups in total. The third kappa shape index (κ3) is 6.65. The highest BCUT2D eigenvalue weighted by atomic mass is 79.9. The standard InChI is InChI=1S/C29H25BrN2O9S2/c30-18-2-1-3-19(14-18)31-20-4-7-23-26(15-20)41-27-16-21(32(10-12-33)11-13-34)5-8-24(27)29(23)25-9-6-22(42(35,36)37)17-28(25)43(38,39)40/h1-9,14-17,33-34H,10-13H2,(H2,35,36,37,38,39,40)/p+1. The first-order chi connectivity index (χ1) is 20.4. The molecule has 0 radical (unpaired) electrons. The van der Waals surface area contributed by atoms with Gasteiger partial charge in [-0.15, -0.1) is 0 Å². The van der Waals surface area contributed by atoms with E-state index in [1.807, 2.05) is 24.3 Å². The summed E-state index contributed by atoms with van der Waals surface area (Å²) in [5.74, 6) is 0.306. The third-order valence-electron chi connectivity index (χ3n) is 6.72. The lowest BCUT2D eigenvalue weighted by Crippen LogP contribution is -2.34. The summed E-state index contributed by atoms with van der Waals surface area (Å²) in [4.78, 5) is -1.43. The van der Waals surface area contributed by atoms with Gasteiger partial charge in [0.25, 0.3) is 20.2 Å². The normalized spacial score (nSPS) is 12.1. The van der Waals surface area contributed by atoms with Crippen molar-refractivity contribution in [1.82, 2.24) is 4.58 Å². The van der Waals surface area contributed by atoms with Crippen molar-refractivity contribution in [3.05, 3.63) is 88.7 Å². The summed E-state index contributed by atoms with van der Waals surface area (Å²) in [5, 5.41) is 23.4. The molecule has 11 nitrogen and oxygen atoms in total. The van der Waals surface area contributed by atoms with Gasteiger partial charge < -0.3 is 19.9 Å². The molecule has 1 heterocycles. The van der Waals surface area contributed by atoms with Crippen LogP contribution in [-0.4, -0.2) is 62.5 Å². The number of nitrogens with zero attached hydrogens (tertiary/aromatic N) is 1. The SMILES string of the molecule is O=S(=O)(O)c1ccc(-c2c3ccc(=[N+](CCO)CCO)cc-3oc3cc(Nc4cccc(Br)c4)ccc23)c(S(=O)(=O)O)c1. The highest BCUT2D eigenvalue weighted by Crippen LogP contribution is 2.43. The van der Waals surface area contributed by atoms with Crippen molar-refractivity contribution in [2.45, 2.75) is 9.79 Å². The summed E-state index contributed by atoms with van der Waals surface area (Å²) in [5.41, 5.74) is 2.49. The van der Waals surface area contributed by atoms with Crippen molar-refractivity contribution in [3.8, 4) is 22.5 Å². The number of aliphatic hydroxyl groups is 2. The highest BCUT2D eigenvalue weighted by molar-refractivity contribution is 9.10. The summed E-state index contributed by atoms with van der Waals surface area (Å²) < 4.78 is 77.3. The predicted octanol–water partition coefficient (Wildman–Crippen LogP) is 3.96. The van der Waals surface area contributed by atoms with Gasteiger partial charge in [0.05, 0.1) is 11.0 Å². The first-order valence-corrected chi connectivity index (χ1v) is 16.5. The van der Waals surface area contributed by atoms with Crippen LogP contribution < -0.4 is 15.2 Å². The van der Waals surface area contributed by atoms with E-state index < -0.39 is 30.0 Å². The van der Waals surface area contributed by atoms with Gasteiger partial charge in [-0.25, -0.2) is 4.58 Å².